The van der Waals surface area contributed by atoms with Gasteiger partial charge in [0.2, 0.25) is 5.91 Å². The topological polar surface area (TPSA) is 66.6 Å². The van der Waals surface area contributed by atoms with Gasteiger partial charge in [-0.25, -0.2) is 0 Å². The number of phenolic OH excluding ortho intramolecular Hbond substituents is 1. The number of likely N-dealkylation sites (N-methyl/N-ethyl adjacent to an activating group) is 1. The maximum Gasteiger partial charge on any atom is 0.239 e. The van der Waals surface area contributed by atoms with Crippen molar-refractivity contribution in [2.45, 2.75) is 19.0 Å². The molecule has 92 valence electrons. The summed E-state index contributed by atoms with van der Waals surface area (Å²) < 4.78 is 0. The van der Waals surface area contributed by atoms with Crippen molar-refractivity contribution < 1.29 is 9.90 Å². The SMILES string of the molecule is C=CCC(N)C(=O)N(C)Cc1ccc(O)cc1. The number of amides is 1. The number of rotatable bonds is 5. The van der Waals surface area contributed by atoms with Gasteiger partial charge in [0, 0.05) is 13.6 Å². The van der Waals surface area contributed by atoms with Crippen LogP contribution in [0.3, 0.4) is 0 Å². The molecule has 0 radical (unpaired) electrons. The summed E-state index contributed by atoms with van der Waals surface area (Å²) in [7, 11) is 1.71. The van der Waals surface area contributed by atoms with Gasteiger partial charge in [0.1, 0.15) is 5.75 Å². The predicted molar refractivity (Wildman–Crippen MR) is 67.4 cm³/mol. The zero-order valence-electron chi connectivity index (χ0n) is 9.97. The molecule has 1 rings (SSSR count). The van der Waals surface area contributed by atoms with Crippen molar-refractivity contribution in [2.24, 2.45) is 5.73 Å². The van der Waals surface area contributed by atoms with E-state index in [0.717, 1.165) is 5.56 Å². The number of carbonyl (C=O) groups is 1. The van der Waals surface area contributed by atoms with E-state index in [2.05, 4.69) is 6.58 Å². The third-order valence-electron chi connectivity index (χ3n) is 2.47. The van der Waals surface area contributed by atoms with Gasteiger partial charge in [0.15, 0.2) is 0 Å². The zero-order valence-corrected chi connectivity index (χ0v) is 9.97. The van der Waals surface area contributed by atoms with Crippen molar-refractivity contribution in [3.05, 3.63) is 42.5 Å². The van der Waals surface area contributed by atoms with Gasteiger partial charge in [-0.15, -0.1) is 6.58 Å². The van der Waals surface area contributed by atoms with Gasteiger partial charge >= 0.3 is 0 Å². The van der Waals surface area contributed by atoms with Crippen LogP contribution in [-0.2, 0) is 11.3 Å². The standard InChI is InChI=1S/C13H18N2O2/c1-3-4-12(14)13(17)15(2)9-10-5-7-11(16)8-6-10/h3,5-8,12,16H,1,4,9,14H2,2H3. The molecule has 1 aromatic rings. The van der Waals surface area contributed by atoms with E-state index in [0.29, 0.717) is 13.0 Å². The van der Waals surface area contributed by atoms with Gasteiger partial charge in [-0.1, -0.05) is 18.2 Å². The fraction of sp³-hybridized carbons (Fsp3) is 0.308. The molecule has 1 aromatic carbocycles. The molecule has 0 aliphatic carbocycles. The normalized spacial score (nSPS) is 11.9. The largest absolute Gasteiger partial charge is 0.508 e. The lowest BCUT2D eigenvalue weighted by Crippen LogP contribution is -2.41. The first-order chi connectivity index (χ1) is 8.04. The molecule has 4 nitrogen and oxygen atoms in total. The van der Waals surface area contributed by atoms with Crippen LogP contribution in [0.25, 0.3) is 0 Å². The van der Waals surface area contributed by atoms with Crippen molar-refractivity contribution in [1.29, 1.82) is 0 Å². The first-order valence-corrected chi connectivity index (χ1v) is 5.44. The average molecular weight is 234 g/mol. The Balaban J connectivity index is 2.59. The summed E-state index contributed by atoms with van der Waals surface area (Å²) in [5.41, 5.74) is 6.65. The van der Waals surface area contributed by atoms with Crippen LogP contribution in [0.4, 0.5) is 0 Å². The van der Waals surface area contributed by atoms with E-state index in [-0.39, 0.29) is 11.7 Å². The van der Waals surface area contributed by atoms with Crippen LogP contribution in [-0.4, -0.2) is 29.0 Å². The number of aromatic hydroxyl groups is 1. The minimum atomic E-state index is -0.533. The van der Waals surface area contributed by atoms with E-state index in [9.17, 15) is 4.79 Å². The predicted octanol–water partition coefficient (Wildman–Crippen LogP) is 1.25. The Kier molecular flexibility index (Phi) is 4.72. The average Bonchev–Trinajstić information content (AvgIpc) is 2.31. The van der Waals surface area contributed by atoms with Crippen LogP contribution in [0.1, 0.15) is 12.0 Å². The third-order valence-corrected chi connectivity index (χ3v) is 2.47. The first kappa shape index (κ1) is 13.3. The van der Waals surface area contributed by atoms with Gasteiger partial charge < -0.3 is 15.7 Å². The monoisotopic (exact) mass is 234 g/mol. The molecule has 0 heterocycles. The summed E-state index contributed by atoms with van der Waals surface area (Å²) in [6.45, 7) is 4.03. The molecule has 1 amide bonds. The number of carbonyl (C=O) groups excluding carboxylic acids is 1. The molecule has 17 heavy (non-hydrogen) atoms. The van der Waals surface area contributed by atoms with Crippen molar-refractivity contribution in [2.75, 3.05) is 7.05 Å². The van der Waals surface area contributed by atoms with Crippen molar-refractivity contribution in [3.63, 3.8) is 0 Å². The fourth-order valence-corrected chi connectivity index (χ4v) is 1.52. The highest BCUT2D eigenvalue weighted by atomic mass is 16.3. The summed E-state index contributed by atoms with van der Waals surface area (Å²) in [5, 5.41) is 9.15. The fourth-order valence-electron chi connectivity index (χ4n) is 1.52. The smallest absolute Gasteiger partial charge is 0.239 e. The van der Waals surface area contributed by atoms with E-state index in [1.165, 1.54) is 0 Å². The lowest BCUT2D eigenvalue weighted by molar-refractivity contribution is -0.131. The summed E-state index contributed by atoms with van der Waals surface area (Å²) >= 11 is 0. The van der Waals surface area contributed by atoms with E-state index >= 15 is 0 Å². The molecular formula is C13H18N2O2. The minimum Gasteiger partial charge on any atom is -0.508 e. The first-order valence-electron chi connectivity index (χ1n) is 5.44. The molecule has 4 heteroatoms. The molecule has 0 fully saturated rings. The highest BCUT2D eigenvalue weighted by Gasteiger charge is 2.16. The lowest BCUT2D eigenvalue weighted by Gasteiger charge is -2.20. The Morgan fingerprint density at radius 2 is 2.12 bits per heavy atom. The summed E-state index contributed by atoms with van der Waals surface area (Å²) in [4.78, 5) is 13.4. The quantitative estimate of drug-likeness (QED) is 0.754. The minimum absolute atomic E-state index is 0.113. The summed E-state index contributed by atoms with van der Waals surface area (Å²) in [6, 6.07) is 6.21. The molecule has 3 N–H and O–H groups in total. The van der Waals surface area contributed by atoms with Gasteiger partial charge in [-0.05, 0) is 24.1 Å². The number of benzene rings is 1. The van der Waals surface area contributed by atoms with Crippen LogP contribution < -0.4 is 5.73 Å². The summed E-state index contributed by atoms with van der Waals surface area (Å²) in [5.74, 6) is 0.101. The molecule has 0 spiro atoms. The number of hydrogen-bond acceptors (Lipinski definition) is 3. The van der Waals surface area contributed by atoms with Gasteiger partial charge in [-0.3, -0.25) is 4.79 Å². The van der Waals surface area contributed by atoms with Crippen LogP contribution >= 0.6 is 0 Å². The number of hydrogen-bond donors (Lipinski definition) is 2. The second-order valence-electron chi connectivity index (χ2n) is 3.99. The Morgan fingerprint density at radius 1 is 1.53 bits per heavy atom. The Labute approximate surface area is 101 Å². The maximum absolute atomic E-state index is 11.8. The third kappa shape index (κ3) is 3.92. The number of phenols is 1. The molecule has 0 aromatic heterocycles. The van der Waals surface area contributed by atoms with Gasteiger partial charge in [-0.2, -0.15) is 0 Å². The van der Waals surface area contributed by atoms with Crippen LogP contribution in [0.5, 0.6) is 5.75 Å². The number of nitrogens with two attached hydrogens (primary N) is 1. The van der Waals surface area contributed by atoms with Gasteiger partial charge in [0.25, 0.3) is 0 Å². The highest BCUT2D eigenvalue weighted by Crippen LogP contribution is 2.11. The molecule has 1 unspecified atom stereocenters. The Hall–Kier alpha value is -1.81. The molecule has 0 aliphatic heterocycles. The van der Waals surface area contributed by atoms with Crippen molar-refractivity contribution in [3.8, 4) is 5.75 Å². The molecule has 0 bridgehead atoms. The Morgan fingerprint density at radius 3 is 2.65 bits per heavy atom. The second-order valence-corrected chi connectivity index (χ2v) is 3.99. The highest BCUT2D eigenvalue weighted by molar-refractivity contribution is 5.81. The molecule has 0 saturated carbocycles. The molecule has 0 saturated heterocycles. The van der Waals surface area contributed by atoms with E-state index < -0.39 is 6.04 Å². The summed E-state index contributed by atoms with van der Waals surface area (Å²) in [6.07, 6.45) is 2.11. The number of nitrogens with zero attached hydrogens (tertiary/aromatic N) is 1. The van der Waals surface area contributed by atoms with Crippen molar-refractivity contribution >= 4 is 5.91 Å². The second kappa shape index (κ2) is 6.06. The van der Waals surface area contributed by atoms with E-state index in [4.69, 9.17) is 10.8 Å². The van der Waals surface area contributed by atoms with Crippen molar-refractivity contribution in [1.82, 2.24) is 4.90 Å². The Bertz CT molecular complexity index is 387. The zero-order chi connectivity index (χ0) is 12.8. The molecule has 1 atom stereocenters. The molecular weight excluding hydrogens is 216 g/mol. The maximum atomic E-state index is 11.8. The molecule has 0 aliphatic rings. The van der Waals surface area contributed by atoms with E-state index in [1.54, 1.807) is 42.3 Å². The van der Waals surface area contributed by atoms with Crippen LogP contribution in [0, 0.1) is 0 Å². The van der Waals surface area contributed by atoms with E-state index in [1.807, 2.05) is 0 Å². The van der Waals surface area contributed by atoms with Crippen LogP contribution in [0.2, 0.25) is 0 Å². The van der Waals surface area contributed by atoms with Gasteiger partial charge in [0.05, 0.1) is 6.04 Å². The van der Waals surface area contributed by atoms with Crippen LogP contribution in [0.15, 0.2) is 36.9 Å². The lowest BCUT2D eigenvalue weighted by atomic mass is 10.1.